The van der Waals surface area contributed by atoms with Crippen molar-refractivity contribution in [3.05, 3.63) is 22.4 Å². The molecule has 0 saturated heterocycles. The number of benzene rings is 1. The molecule has 0 aliphatic rings. The molecule has 2 amide bonds. The van der Waals surface area contributed by atoms with E-state index in [4.69, 9.17) is 0 Å². The Morgan fingerprint density at radius 1 is 1.16 bits per heavy atom. The molecule has 0 bridgehead atoms. The van der Waals surface area contributed by atoms with Gasteiger partial charge in [-0.25, -0.2) is 9.29 Å². The number of hydrogen-bond acceptors (Lipinski definition) is 4. The van der Waals surface area contributed by atoms with Gasteiger partial charge in [-0.1, -0.05) is 11.8 Å². The molecule has 0 aromatic heterocycles. The highest BCUT2D eigenvalue weighted by atomic mass is 79.9. The average Bonchev–Trinajstić information content (AvgIpc) is 2.23. The summed E-state index contributed by atoms with van der Waals surface area (Å²) in [6, 6.07) is 2.42. The van der Waals surface area contributed by atoms with E-state index in [9.17, 15) is 18.8 Å². The van der Waals surface area contributed by atoms with E-state index in [2.05, 4.69) is 15.9 Å². The van der Waals surface area contributed by atoms with Gasteiger partial charge in [-0.2, -0.15) is 0 Å². The number of thioether (sulfide) groups is 1. The molecule has 0 fully saturated rings. The highest BCUT2D eigenvalue weighted by Gasteiger charge is 2.22. The summed E-state index contributed by atoms with van der Waals surface area (Å²) in [4.78, 5) is 35.1. The first kappa shape index (κ1) is 15.8. The minimum Gasteiger partial charge on any atom is -0.287 e. The summed E-state index contributed by atoms with van der Waals surface area (Å²) in [6.45, 7) is 3.70. The number of hydrogen-bond donors (Lipinski definition) is 0. The molecule has 4 nitrogen and oxygen atoms in total. The lowest BCUT2D eigenvalue weighted by Crippen LogP contribution is -2.33. The van der Waals surface area contributed by atoms with Crippen molar-refractivity contribution in [2.45, 2.75) is 25.7 Å². The largest absolute Gasteiger partial charge is 0.287 e. The maximum atomic E-state index is 13.9. The van der Waals surface area contributed by atoms with Crippen LogP contribution in [0.2, 0.25) is 0 Å². The normalized spacial score (nSPS) is 10.2. The second kappa shape index (κ2) is 6.29. The van der Waals surface area contributed by atoms with Gasteiger partial charge in [0.1, 0.15) is 5.82 Å². The van der Waals surface area contributed by atoms with Crippen LogP contribution in [0.3, 0.4) is 0 Å². The quantitative estimate of drug-likeness (QED) is 0.771. The Balaban J connectivity index is 3.38. The van der Waals surface area contributed by atoms with Crippen LogP contribution in [0.5, 0.6) is 0 Å². The summed E-state index contributed by atoms with van der Waals surface area (Å²) in [5, 5.41) is -0.185. The van der Waals surface area contributed by atoms with Crippen LogP contribution in [0, 0.1) is 5.82 Å². The first-order chi connectivity index (χ1) is 8.73. The minimum absolute atomic E-state index is 0.160. The van der Waals surface area contributed by atoms with E-state index in [1.54, 1.807) is 0 Å². The first-order valence-corrected chi connectivity index (χ1v) is 6.83. The van der Waals surface area contributed by atoms with Crippen molar-refractivity contribution >= 4 is 50.3 Å². The zero-order valence-electron chi connectivity index (χ0n) is 10.5. The van der Waals surface area contributed by atoms with Gasteiger partial charge in [0, 0.05) is 30.1 Å². The molecule has 0 spiro atoms. The number of anilines is 1. The van der Waals surface area contributed by atoms with E-state index >= 15 is 0 Å². The first-order valence-electron chi connectivity index (χ1n) is 5.22. The minimum atomic E-state index is -0.717. The van der Waals surface area contributed by atoms with Crippen molar-refractivity contribution in [1.82, 2.24) is 0 Å². The molecule has 0 atom stereocenters. The zero-order valence-corrected chi connectivity index (χ0v) is 12.9. The molecule has 0 aliphatic carbocycles. The third-order valence-corrected chi connectivity index (χ3v) is 3.89. The standard InChI is InChI=1S/C12H11BrFNO3S/c1-6(16)15(7(2)17)11-5-12(19-8(3)18)9(13)4-10(11)14/h4-5H,1-3H3. The summed E-state index contributed by atoms with van der Waals surface area (Å²) in [5.74, 6) is -1.90. The number of imide groups is 1. The van der Waals surface area contributed by atoms with E-state index in [1.165, 1.54) is 26.8 Å². The molecule has 1 aromatic carbocycles. The fraction of sp³-hybridized carbons (Fsp3) is 0.250. The Hall–Kier alpha value is -1.21. The van der Waals surface area contributed by atoms with Crippen LogP contribution in [0.1, 0.15) is 20.8 Å². The summed E-state index contributed by atoms with van der Waals surface area (Å²) in [5.41, 5.74) is -0.160. The van der Waals surface area contributed by atoms with Crippen LogP contribution in [-0.4, -0.2) is 16.9 Å². The lowest BCUT2D eigenvalue weighted by atomic mass is 10.2. The lowest BCUT2D eigenvalue weighted by molar-refractivity contribution is -0.124. The van der Waals surface area contributed by atoms with Crippen LogP contribution in [0.25, 0.3) is 0 Å². The molecule has 1 rings (SSSR count). The highest BCUT2D eigenvalue weighted by Crippen LogP contribution is 2.34. The third kappa shape index (κ3) is 3.87. The predicted molar refractivity (Wildman–Crippen MR) is 74.5 cm³/mol. The summed E-state index contributed by atoms with van der Waals surface area (Å²) in [7, 11) is 0. The van der Waals surface area contributed by atoms with Crippen LogP contribution in [-0.2, 0) is 14.4 Å². The van der Waals surface area contributed by atoms with Crippen LogP contribution >= 0.6 is 27.7 Å². The Morgan fingerprint density at radius 3 is 2.11 bits per heavy atom. The van der Waals surface area contributed by atoms with Crippen LogP contribution in [0.15, 0.2) is 21.5 Å². The second-order valence-electron chi connectivity index (χ2n) is 3.70. The molecule has 102 valence electrons. The summed E-state index contributed by atoms with van der Waals surface area (Å²) < 4.78 is 14.3. The fourth-order valence-corrected chi connectivity index (χ4v) is 2.68. The molecule has 0 unspecified atom stereocenters. The summed E-state index contributed by atoms with van der Waals surface area (Å²) in [6.07, 6.45) is 0. The molecule has 1 aromatic rings. The van der Waals surface area contributed by atoms with Gasteiger partial charge in [0.2, 0.25) is 11.8 Å². The number of nitrogens with zero attached hydrogens (tertiary/aromatic N) is 1. The van der Waals surface area contributed by atoms with Gasteiger partial charge in [-0.15, -0.1) is 0 Å². The molecule has 0 aliphatic heterocycles. The number of amides is 2. The second-order valence-corrected chi connectivity index (χ2v) is 5.77. The van der Waals surface area contributed by atoms with Crippen LogP contribution in [0.4, 0.5) is 10.1 Å². The van der Waals surface area contributed by atoms with Crippen LogP contribution < -0.4 is 4.90 Å². The third-order valence-electron chi connectivity index (χ3n) is 2.13. The Labute approximate surface area is 122 Å². The lowest BCUT2D eigenvalue weighted by Gasteiger charge is -2.19. The van der Waals surface area contributed by atoms with E-state index < -0.39 is 17.6 Å². The molecular formula is C12H11BrFNO3S. The molecular weight excluding hydrogens is 337 g/mol. The molecule has 7 heteroatoms. The maximum Gasteiger partial charge on any atom is 0.230 e. The molecule has 0 radical (unpaired) electrons. The maximum absolute atomic E-state index is 13.9. The van der Waals surface area contributed by atoms with Gasteiger partial charge >= 0.3 is 0 Å². The van der Waals surface area contributed by atoms with Crippen molar-refractivity contribution in [2.75, 3.05) is 4.90 Å². The Morgan fingerprint density at radius 2 is 1.68 bits per heavy atom. The van der Waals surface area contributed by atoms with Crippen molar-refractivity contribution in [3.8, 4) is 0 Å². The van der Waals surface area contributed by atoms with Gasteiger partial charge < -0.3 is 0 Å². The van der Waals surface area contributed by atoms with Crippen molar-refractivity contribution in [1.29, 1.82) is 0 Å². The Bertz CT molecular complexity index is 548. The van der Waals surface area contributed by atoms with Gasteiger partial charge in [0.05, 0.1) is 5.69 Å². The number of carbonyl (C=O) groups is 3. The molecule has 0 heterocycles. The monoisotopic (exact) mass is 347 g/mol. The molecule has 19 heavy (non-hydrogen) atoms. The Kier molecular flexibility index (Phi) is 5.25. The molecule has 0 N–H and O–H groups in total. The highest BCUT2D eigenvalue weighted by molar-refractivity contribution is 9.10. The number of carbonyl (C=O) groups excluding carboxylic acids is 3. The van der Waals surface area contributed by atoms with Gasteiger partial charge in [0.15, 0.2) is 5.12 Å². The van der Waals surface area contributed by atoms with Gasteiger partial charge in [-0.3, -0.25) is 14.4 Å². The van der Waals surface area contributed by atoms with E-state index in [-0.39, 0.29) is 10.8 Å². The SMILES string of the molecule is CC(=O)Sc1cc(N(C(C)=O)C(C)=O)c(F)cc1Br. The van der Waals surface area contributed by atoms with Gasteiger partial charge in [0.25, 0.3) is 0 Å². The van der Waals surface area contributed by atoms with Gasteiger partial charge in [-0.05, 0) is 28.1 Å². The smallest absolute Gasteiger partial charge is 0.230 e. The van der Waals surface area contributed by atoms with Crippen molar-refractivity contribution < 1.29 is 18.8 Å². The number of halogens is 2. The number of rotatable bonds is 2. The average molecular weight is 348 g/mol. The molecule has 0 saturated carbocycles. The van der Waals surface area contributed by atoms with E-state index in [0.29, 0.717) is 9.37 Å². The van der Waals surface area contributed by atoms with Crippen molar-refractivity contribution in [3.63, 3.8) is 0 Å². The fourth-order valence-electron chi connectivity index (χ4n) is 1.48. The topological polar surface area (TPSA) is 54.5 Å². The van der Waals surface area contributed by atoms with E-state index in [0.717, 1.165) is 22.7 Å². The summed E-state index contributed by atoms with van der Waals surface area (Å²) >= 11 is 4.02. The van der Waals surface area contributed by atoms with E-state index in [1.807, 2.05) is 0 Å². The zero-order chi connectivity index (χ0) is 14.7. The predicted octanol–water partition coefficient (Wildman–Crippen LogP) is 3.13. The van der Waals surface area contributed by atoms with Crippen molar-refractivity contribution in [2.24, 2.45) is 0 Å².